The molecule has 1 N–H and O–H groups in total. The molecule has 1 aromatic carbocycles. The van der Waals surface area contributed by atoms with Crippen molar-refractivity contribution in [3.05, 3.63) is 53.9 Å². The Kier molecular flexibility index (Phi) is 5.72. The highest BCUT2D eigenvalue weighted by Gasteiger charge is 2.27. The summed E-state index contributed by atoms with van der Waals surface area (Å²) >= 11 is 6.61. The van der Waals surface area contributed by atoms with E-state index in [2.05, 4.69) is 15.4 Å². The number of rotatable bonds is 8. The molecule has 7 heteroatoms. The van der Waals surface area contributed by atoms with Crippen LogP contribution >= 0.6 is 11.6 Å². The zero-order valence-corrected chi connectivity index (χ0v) is 17.4. The number of carbonyl (C=O) groups excluding carboxylic acids is 1. The van der Waals surface area contributed by atoms with Crippen LogP contribution in [-0.2, 0) is 11.3 Å². The van der Waals surface area contributed by atoms with Gasteiger partial charge in [0.15, 0.2) is 5.65 Å². The highest BCUT2D eigenvalue weighted by molar-refractivity contribution is 6.20. The SMILES string of the molecule is CCC(C)OC(=O)c1cnc2c(cnn2CC(Cl)c2ccccc2)c1NC1CC1. The highest BCUT2D eigenvalue weighted by Crippen LogP contribution is 2.33. The second-order valence-electron chi connectivity index (χ2n) is 7.53. The summed E-state index contributed by atoms with van der Waals surface area (Å²) in [5, 5.41) is 8.56. The second-order valence-corrected chi connectivity index (χ2v) is 8.06. The fraction of sp³-hybridized carbons (Fsp3) is 0.409. The molecule has 2 heterocycles. The first-order valence-corrected chi connectivity index (χ1v) is 10.5. The average Bonchev–Trinajstić information content (AvgIpc) is 3.47. The molecule has 3 aromatic rings. The zero-order chi connectivity index (χ0) is 20.4. The Hall–Kier alpha value is -2.60. The van der Waals surface area contributed by atoms with Crippen molar-refractivity contribution in [2.45, 2.75) is 57.2 Å². The topological polar surface area (TPSA) is 69.0 Å². The Balaban J connectivity index is 1.66. The van der Waals surface area contributed by atoms with Crippen molar-refractivity contribution in [2.75, 3.05) is 5.32 Å². The Morgan fingerprint density at radius 3 is 2.76 bits per heavy atom. The number of anilines is 1. The van der Waals surface area contributed by atoms with Crippen LogP contribution in [0.1, 0.15) is 54.4 Å². The fourth-order valence-electron chi connectivity index (χ4n) is 3.15. The zero-order valence-electron chi connectivity index (χ0n) is 16.6. The van der Waals surface area contributed by atoms with Gasteiger partial charge in [0.25, 0.3) is 0 Å². The number of fused-ring (bicyclic) bond motifs is 1. The summed E-state index contributed by atoms with van der Waals surface area (Å²) in [5.74, 6) is -0.357. The van der Waals surface area contributed by atoms with E-state index in [9.17, 15) is 4.79 Å². The number of esters is 1. The van der Waals surface area contributed by atoms with E-state index in [-0.39, 0.29) is 17.5 Å². The molecule has 0 bridgehead atoms. The summed E-state index contributed by atoms with van der Waals surface area (Å²) in [7, 11) is 0. The monoisotopic (exact) mass is 412 g/mol. The summed E-state index contributed by atoms with van der Waals surface area (Å²) in [4.78, 5) is 17.2. The lowest BCUT2D eigenvalue weighted by atomic mass is 10.1. The maximum Gasteiger partial charge on any atom is 0.342 e. The lowest BCUT2D eigenvalue weighted by Gasteiger charge is -2.15. The van der Waals surface area contributed by atoms with E-state index in [1.165, 1.54) is 0 Å². The van der Waals surface area contributed by atoms with Crippen LogP contribution in [0, 0.1) is 0 Å². The molecule has 2 aromatic heterocycles. The average molecular weight is 413 g/mol. The van der Waals surface area contributed by atoms with Crippen LogP contribution in [0.4, 0.5) is 5.69 Å². The largest absolute Gasteiger partial charge is 0.459 e. The first kappa shape index (κ1) is 19.7. The third-order valence-corrected chi connectivity index (χ3v) is 5.58. The van der Waals surface area contributed by atoms with E-state index in [0.29, 0.717) is 23.8 Å². The first-order chi connectivity index (χ1) is 14.1. The van der Waals surface area contributed by atoms with Crippen LogP contribution in [0.15, 0.2) is 42.7 Å². The second kappa shape index (κ2) is 8.41. The number of carbonyl (C=O) groups is 1. The number of pyridine rings is 1. The van der Waals surface area contributed by atoms with Crippen LogP contribution in [0.2, 0.25) is 0 Å². The Morgan fingerprint density at radius 1 is 1.31 bits per heavy atom. The van der Waals surface area contributed by atoms with Crippen molar-refractivity contribution in [1.29, 1.82) is 0 Å². The Labute approximate surface area is 175 Å². The minimum atomic E-state index is -0.357. The van der Waals surface area contributed by atoms with E-state index in [1.807, 2.05) is 44.2 Å². The highest BCUT2D eigenvalue weighted by atomic mass is 35.5. The van der Waals surface area contributed by atoms with Crippen molar-refractivity contribution in [1.82, 2.24) is 14.8 Å². The smallest absolute Gasteiger partial charge is 0.342 e. The lowest BCUT2D eigenvalue weighted by Crippen LogP contribution is -2.17. The Bertz CT molecular complexity index is 1000. The van der Waals surface area contributed by atoms with Crippen LogP contribution in [0.25, 0.3) is 11.0 Å². The summed E-state index contributed by atoms with van der Waals surface area (Å²) in [5.41, 5.74) is 2.94. The van der Waals surface area contributed by atoms with Crippen LogP contribution in [-0.4, -0.2) is 32.9 Å². The van der Waals surface area contributed by atoms with Gasteiger partial charge in [-0.05, 0) is 31.7 Å². The van der Waals surface area contributed by atoms with E-state index >= 15 is 0 Å². The van der Waals surface area contributed by atoms with Gasteiger partial charge in [0, 0.05) is 12.2 Å². The van der Waals surface area contributed by atoms with Crippen LogP contribution < -0.4 is 5.32 Å². The van der Waals surface area contributed by atoms with Gasteiger partial charge in [0.1, 0.15) is 5.56 Å². The predicted octanol–water partition coefficient (Wildman–Crippen LogP) is 4.94. The minimum Gasteiger partial charge on any atom is -0.459 e. The molecule has 2 atom stereocenters. The molecule has 1 aliphatic rings. The molecule has 0 saturated heterocycles. The maximum absolute atomic E-state index is 12.7. The summed E-state index contributed by atoms with van der Waals surface area (Å²) in [6.45, 7) is 4.36. The molecule has 0 radical (unpaired) electrons. The molecule has 0 amide bonds. The molecule has 1 saturated carbocycles. The van der Waals surface area contributed by atoms with E-state index < -0.39 is 0 Å². The number of benzene rings is 1. The molecule has 1 fully saturated rings. The maximum atomic E-state index is 12.7. The Morgan fingerprint density at radius 2 is 2.07 bits per heavy atom. The summed E-state index contributed by atoms with van der Waals surface area (Å²) < 4.78 is 7.33. The molecule has 0 aliphatic heterocycles. The molecule has 29 heavy (non-hydrogen) atoms. The molecule has 0 spiro atoms. The quantitative estimate of drug-likeness (QED) is 0.419. The molecular weight excluding hydrogens is 388 g/mol. The van der Waals surface area contributed by atoms with E-state index in [4.69, 9.17) is 16.3 Å². The van der Waals surface area contributed by atoms with Gasteiger partial charge in [0.05, 0.1) is 35.3 Å². The number of hydrogen-bond acceptors (Lipinski definition) is 5. The number of nitrogens with one attached hydrogen (secondary N) is 1. The van der Waals surface area contributed by atoms with Gasteiger partial charge in [-0.1, -0.05) is 37.3 Å². The van der Waals surface area contributed by atoms with Gasteiger partial charge in [-0.2, -0.15) is 5.10 Å². The third-order valence-electron chi connectivity index (χ3n) is 5.19. The number of nitrogens with zero attached hydrogens (tertiary/aromatic N) is 3. The molecule has 4 rings (SSSR count). The molecule has 1 aliphatic carbocycles. The molecule has 152 valence electrons. The van der Waals surface area contributed by atoms with Gasteiger partial charge in [0.2, 0.25) is 0 Å². The van der Waals surface area contributed by atoms with Crippen LogP contribution in [0.5, 0.6) is 0 Å². The van der Waals surface area contributed by atoms with Crippen LogP contribution in [0.3, 0.4) is 0 Å². The number of aromatic nitrogens is 3. The standard InChI is InChI=1S/C22H25ClN4O2/c1-3-14(2)29-22(28)18-11-24-21-17(20(18)26-16-9-10-16)12-25-27(21)13-19(23)15-7-5-4-6-8-15/h4-8,11-12,14,16,19H,3,9-10,13H2,1-2H3,(H,24,26). The van der Waals surface area contributed by atoms with E-state index in [0.717, 1.165) is 35.9 Å². The minimum absolute atomic E-state index is 0.141. The third kappa shape index (κ3) is 4.37. The number of ether oxygens (including phenoxy) is 1. The fourth-order valence-corrected chi connectivity index (χ4v) is 3.43. The summed E-state index contributed by atoms with van der Waals surface area (Å²) in [6.07, 6.45) is 6.15. The number of hydrogen-bond donors (Lipinski definition) is 1. The lowest BCUT2D eigenvalue weighted by molar-refractivity contribution is 0.0335. The predicted molar refractivity (Wildman–Crippen MR) is 114 cm³/mol. The van der Waals surface area contributed by atoms with Gasteiger partial charge in [-0.25, -0.2) is 14.5 Å². The van der Waals surface area contributed by atoms with Crippen molar-refractivity contribution in [3.8, 4) is 0 Å². The molecule has 2 unspecified atom stereocenters. The van der Waals surface area contributed by atoms with Gasteiger partial charge >= 0.3 is 5.97 Å². The van der Waals surface area contributed by atoms with Crippen molar-refractivity contribution >= 4 is 34.3 Å². The van der Waals surface area contributed by atoms with Crippen molar-refractivity contribution in [3.63, 3.8) is 0 Å². The first-order valence-electron chi connectivity index (χ1n) is 10.1. The number of halogens is 1. The van der Waals surface area contributed by atoms with Gasteiger partial charge < -0.3 is 10.1 Å². The van der Waals surface area contributed by atoms with Crippen molar-refractivity contribution in [2.24, 2.45) is 0 Å². The van der Waals surface area contributed by atoms with E-state index in [1.54, 1.807) is 17.1 Å². The van der Waals surface area contributed by atoms with Gasteiger partial charge in [-0.3, -0.25) is 0 Å². The summed E-state index contributed by atoms with van der Waals surface area (Å²) in [6, 6.07) is 10.3. The number of alkyl halides is 1. The molecule has 6 nitrogen and oxygen atoms in total. The van der Waals surface area contributed by atoms with Gasteiger partial charge in [-0.15, -0.1) is 11.6 Å². The normalized spacial score (nSPS) is 15.8. The molecular formula is C22H25ClN4O2. The van der Waals surface area contributed by atoms with Crippen molar-refractivity contribution < 1.29 is 9.53 Å².